The van der Waals surface area contributed by atoms with Gasteiger partial charge in [0.2, 0.25) is 0 Å². The molecule has 21 heavy (non-hydrogen) atoms. The summed E-state index contributed by atoms with van der Waals surface area (Å²) in [7, 11) is 0. The first-order chi connectivity index (χ1) is 9.82. The molecule has 3 atom stereocenters. The van der Waals surface area contributed by atoms with E-state index in [0.29, 0.717) is 10.8 Å². The van der Waals surface area contributed by atoms with E-state index >= 15 is 0 Å². The molecule has 0 amide bonds. The van der Waals surface area contributed by atoms with Crippen molar-refractivity contribution in [3.63, 3.8) is 0 Å². The third-order valence-corrected chi connectivity index (χ3v) is 6.89. The van der Waals surface area contributed by atoms with Crippen LogP contribution in [-0.4, -0.2) is 11.7 Å². The quantitative estimate of drug-likeness (QED) is 0.677. The van der Waals surface area contributed by atoms with Crippen LogP contribution in [0, 0.1) is 22.7 Å². The van der Waals surface area contributed by atoms with Crippen LogP contribution in [0.1, 0.15) is 73.1 Å². The Labute approximate surface area is 131 Å². The van der Waals surface area contributed by atoms with Crippen LogP contribution in [0.15, 0.2) is 23.3 Å². The van der Waals surface area contributed by atoms with Crippen molar-refractivity contribution in [1.82, 2.24) is 0 Å². The van der Waals surface area contributed by atoms with E-state index in [1.165, 1.54) is 37.7 Å². The second-order valence-corrected chi connectivity index (χ2v) is 8.33. The first-order valence-corrected chi connectivity index (χ1v) is 8.75. The Bertz CT molecular complexity index is 429. The molecule has 1 fully saturated rings. The van der Waals surface area contributed by atoms with Gasteiger partial charge in [-0.15, -0.1) is 0 Å². The van der Waals surface area contributed by atoms with Crippen molar-refractivity contribution in [1.29, 1.82) is 0 Å². The molecule has 2 rings (SSSR count). The van der Waals surface area contributed by atoms with Crippen LogP contribution in [0.5, 0.6) is 0 Å². The topological polar surface area (TPSA) is 20.2 Å². The fourth-order valence-electron chi connectivity index (χ4n) is 4.85. The Balaban J connectivity index is 2.19. The fraction of sp³-hybridized carbons (Fsp3) is 0.800. The average Bonchev–Trinajstić information content (AvgIpc) is 2.40. The van der Waals surface area contributed by atoms with Crippen molar-refractivity contribution >= 4 is 0 Å². The molecule has 0 bridgehead atoms. The Hall–Kier alpha value is -0.560. The van der Waals surface area contributed by atoms with Crippen LogP contribution < -0.4 is 0 Å². The van der Waals surface area contributed by atoms with Crippen molar-refractivity contribution in [3.05, 3.63) is 23.3 Å². The van der Waals surface area contributed by atoms with E-state index in [0.717, 1.165) is 18.3 Å². The van der Waals surface area contributed by atoms with Gasteiger partial charge in [-0.05, 0) is 68.6 Å². The first kappa shape index (κ1) is 16.8. The maximum Gasteiger partial charge on any atom is 0.0614 e. The van der Waals surface area contributed by atoms with Crippen LogP contribution in [0.25, 0.3) is 0 Å². The lowest BCUT2D eigenvalue weighted by molar-refractivity contribution is -0.0525. The number of allylic oxidation sites excluding steroid dienone is 3. The summed E-state index contributed by atoms with van der Waals surface area (Å²) in [6, 6.07) is 0. The normalized spacial score (nSPS) is 36.1. The summed E-state index contributed by atoms with van der Waals surface area (Å²) in [4.78, 5) is 0. The third kappa shape index (κ3) is 3.13. The fourth-order valence-corrected chi connectivity index (χ4v) is 4.85. The summed E-state index contributed by atoms with van der Waals surface area (Å²) >= 11 is 0. The largest absolute Gasteiger partial charge is 0.392 e. The molecular formula is C20H34O. The average molecular weight is 290 g/mol. The van der Waals surface area contributed by atoms with E-state index in [1.54, 1.807) is 5.57 Å². The number of rotatable bonds is 4. The zero-order valence-electron chi connectivity index (χ0n) is 14.7. The Morgan fingerprint density at radius 2 is 2.10 bits per heavy atom. The molecule has 1 nitrogen and oxygen atoms in total. The second kappa shape index (κ2) is 6.28. The zero-order valence-corrected chi connectivity index (χ0v) is 14.7. The Kier molecular flexibility index (Phi) is 5.03. The summed E-state index contributed by atoms with van der Waals surface area (Å²) in [6.07, 6.45) is 12.3. The molecule has 1 N–H and O–H groups in total. The molecule has 0 spiro atoms. The van der Waals surface area contributed by atoms with Gasteiger partial charge in [0.15, 0.2) is 0 Å². The molecule has 0 aliphatic heterocycles. The molecule has 0 aromatic carbocycles. The lowest BCUT2D eigenvalue weighted by Gasteiger charge is -2.57. The maximum atomic E-state index is 9.03. The van der Waals surface area contributed by atoms with E-state index in [-0.39, 0.29) is 6.61 Å². The van der Waals surface area contributed by atoms with E-state index in [9.17, 15) is 0 Å². The van der Waals surface area contributed by atoms with Crippen molar-refractivity contribution in [2.75, 3.05) is 6.61 Å². The highest BCUT2D eigenvalue weighted by Crippen LogP contribution is 2.61. The highest BCUT2D eigenvalue weighted by atomic mass is 16.2. The molecule has 0 heterocycles. The molecule has 2 aliphatic carbocycles. The van der Waals surface area contributed by atoms with Gasteiger partial charge >= 0.3 is 0 Å². The summed E-state index contributed by atoms with van der Waals surface area (Å²) in [5, 5.41) is 9.03. The first-order valence-electron chi connectivity index (χ1n) is 8.75. The third-order valence-electron chi connectivity index (χ3n) is 6.89. The molecule has 0 aromatic heterocycles. The van der Waals surface area contributed by atoms with E-state index in [4.69, 9.17) is 5.11 Å². The summed E-state index contributed by atoms with van der Waals surface area (Å²) in [5.74, 6) is 1.58. The summed E-state index contributed by atoms with van der Waals surface area (Å²) in [5.41, 5.74) is 3.88. The van der Waals surface area contributed by atoms with Gasteiger partial charge in [0.05, 0.1) is 6.61 Å². The number of aliphatic hydroxyl groups excluding tert-OH is 1. The number of hydrogen-bond donors (Lipinski definition) is 1. The monoisotopic (exact) mass is 290 g/mol. The van der Waals surface area contributed by atoms with Crippen LogP contribution in [-0.2, 0) is 0 Å². The summed E-state index contributed by atoms with van der Waals surface area (Å²) in [6.45, 7) is 12.2. The molecule has 0 unspecified atom stereocenters. The lowest BCUT2D eigenvalue weighted by Crippen LogP contribution is -2.49. The smallest absolute Gasteiger partial charge is 0.0614 e. The van der Waals surface area contributed by atoms with Crippen LogP contribution in [0.3, 0.4) is 0 Å². The predicted octanol–water partition coefficient (Wildman–Crippen LogP) is 5.50. The molecule has 2 aliphatic rings. The minimum atomic E-state index is 0.180. The van der Waals surface area contributed by atoms with Gasteiger partial charge in [-0.25, -0.2) is 0 Å². The van der Waals surface area contributed by atoms with Gasteiger partial charge in [-0.3, -0.25) is 0 Å². The minimum absolute atomic E-state index is 0.180. The lowest BCUT2D eigenvalue weighted by atomic mass is 9.47. The molecular weight excluding hydrogens is 256 g/mol. The van der Waals surface area contributed by atoms with Gasteiger partial charge in [0.1, 0.15) is 0 Å². The summed E-state index contributed by atoms with van der Waals surface area (Å²) < 4.78 is 0. The van der Waals surface area contributed by atoms with Gasteiger partial charge in [-0.1, -0.05) is 50.5 Å². The Morgan fingerprint density at radius 3 is 2.76 bits per heavy atom. The zero-order chi connectivity index (χ0) is 15.7. The number of hydrogen-bond acceptors (Lipinski definition) is 1. The van der Waals surface area contributed by atoms with E-state index in [2.05, 4.69) is 40.7 Å². The van der Waals surface area contributed by atoms with Crippen molar-refractivity contribution in [3.8, 4) is 0 Å². The standard InChI is InChI=1S/C20H34O/c1-15(11-14-21)8-9-17-16(2)10-13-20(5)18(17)7-6-12-19(20,3)4/h10-11,17-18,21H,6-9,12-14H2,1-5H3/b15-11+/t17-,18+,20+/m0/s1. The highest BCUT2D eigenvalue weighted by Gasteiger charge is 2.52. The van der Waals surface area contributed by atoms with E-state index in [1.807, 2.05) is 6.08 Å². The number of fused-ring (bicyclic) bond motifs is 1. The van der Waals surface area contributed by atoms with Crippen LogP contribution in [0.2, 0.25) is 0 Å². The molecule has 1 heteroatoms. The molecule has 0 saturated heterocycles. The van der Waals surface area contributed by atoms with Gasteiger partial charge in [-0.2, -0.15) is 0 Å². The van der Waals surface area contributed by atoms with Crippen LogP contribution in [0.4, 0.5) is 0 Å². The van der Waals surface area contributed by atoms with Crippen LogP contribution >= 0.6 is 0 Å². The number of aliphatic hydroxyl groups is 1. The van der Waals surface area contributed by atoms with Gasteiger partial charge in [0.25, 0.3) is 0 Å². The SMILES string of the molecule is CC1=CC[C@]2(C)[C@H](CCCC2(C)C)[C@H]1CC/C(C)=C/CO. The highest BCUT2D eigenvalue weighted by molar-refractivity contribution is 5.18. The second-order valence-electron chi connectivity index (χ2n) is 8.33. The van der Waals surface area contributed by atoms with Gasteiger partial charge in [0, 0.05) is 0 Å². The molecule has 0 radical (unpaired) electrons. The van der Waals surface area contributed by atoms with Crippen molar-refractivity contribution in [2.24, 2.45) is 22.7 Å². The maximum absolute atomic E-state index is 9.03. The predicted molar refractivity (Wildman–Crippen MR) is 91.2 cm³/mol. The van der Waals surface area contributed by atoms with Gasteiger partial charge < -0.3 is 5.11 Å². The van der Waals surface area contributed by atoms with Crippen molar-refractivity contribution < 1.29 is 5.11 Å². The molecule has 0 aromatic rings. The molecule has 1 saturated carbocycles. The van der Waals surface area contributed by atoms with Crippen molar-refractivity contribution in [2.45, 2.75) is 73.1 Å². The minimum Gasteiger partial charge on any atom is -0.392 e. The molecule has 120 valence electrons. The van der Waals surface area contributed by atoms with E-state index < -0.39 is 0 Å². The Morgan fingerprint density at radius 1 is 1.38 bits per heavy atom.